The van der Waals surface area contributed by atoms with Crippen molar-refractivity contribution in [1.82, 2.24) is 9.55 Å². The van der Waals surface area contributed by atoms with E-state index in [-0.39, 0.29) is 18.5 Å². The average Bonchev–Trinajstić information content (AvgIpc) is 2.81. The zero-order chi connectivity index (χ0) is 15.0. The SMILES string of the molecule is CC1Cn2c(cc(OCc3ccc(F)c(F)c3)nc2=O)N1. The predicted octanol–water partition coefficient (Wildman–Crippen LogP) is 1.91. The Balaban J connectivity index is 1.77. The van der Waals surface area contributed by atoms with Crippen molar-refractivity contribution in [3.8, 4) is 5.88 Å². The van der Waals surface area contributed by atoms with Crippen LogP contribution < -0.4 is 15.7 Å². The maximum atomic E-state index is 13.1. The number of aromatic nitrogens is 2. The van der Waals surface area contributed by atoms with E-state index in [0.29, 0.717) is 17.9 Å². The zero-order valence-corrected chi connectivity index (χ0v) is 11.3. The number of rotatable bonds is 3. The second-order valence-electron chi connectivity index (χ2n) is 4.96. The van der Waals surface area contributed by atoms with Crippen LogP contribution in [0.4, 0.5) is 14.6 Å². The second-order valence-corrected chi connectivity index (χ2v) is 4.96. The molecule has 0 aliphatic carbocycles. The van der Waals surface area contributed by atoms with E-state index in [1.165, 1.54) is 10.6 Å². The summed E-state index contributed by atoms with van der Waals surface area (Å²) < 4.78 is 32.8. The van der Waals surface area contributed by atoms with Crippen LogP contribution in [0, 0.1) is 11.6 Å². The maximum absolute atomic E-state index is 13.1. The second kappa shape index (κ2) is 5.16. The average molecular weight is 293 g/mol. The summed E-state index contributed by atoms with van der Waals surface area (Å²) in [6.45, 7) is 2.52. The zero-order valence-electron chi connectivity index (χ0n) is 11.3. The van der Waals surface area contributed by atoms with Gasteiger partial charge in [0.05, 0.1) is 0 Å². The number of nitrogens with zero attached hydrogens (tertiary/aromatic N) is 2. The van der Waals surface area contributed by atoms with Gasteiger partial charge in [0.25, 0.3) is 0 Å². The van der Waals surface area contributed by atoms with Crippen molar-refractivity contribution < 1.29 is 13.5 Å². The van der Waals surface area contributed by atoms with E-state index in [1.54, 1.807) is 6.07 Å². The Kier molecular flexibility index (Phi) is 3.32. The molecular formula is C14H13F2N3O2. The summed E-state index contributed by atoms with van der Waals surface area (Å²) in [6, 6.07) is 5.27. The van der Waals surface area contributed by atoms with E-state index >= 15 is 0 Å². The molecule has 0 fully saturated rings. The molecule has 1 aliphatic rings. The summed E-state index contributed by atoms with van der Waals surface area (Å²) >= 11 is 0. The molecule has 1 aromatic carbocycles. The lowest BCUT2D eigenvalue weighted by atomic mass is 10.2. The maximum Gasteiger partial charge on any atom is 0.352 e. The molecule has 1 N–H and O–H groups in total. The Morgan fingerprint density at radius 1 is 1.38 bits per heavy atom. The minimum absolute atomic E-state index is 0.00263. The Morgan fingerprint density at radius 2 is 2.19 bits per heavy atom. The molecule has 0 spiro atoms. The van der Waals surface area contributed by atoms with Crippen LogP contribution >= 0.6 is 0 Å². The van der Waals surface area contributed by atoms with Gasteiger partial charge in [0.1, 0.15) is 12.4 Å². The quantitative estimate of drug-likeness (QED) is 0.939. The molecule has 0 saturated heterocycles. The summed E-state index contributed by atoms with van der Waals surface area (Å²) in [4.78, 5) is 15.6. The fourth-order valence-corrected chi connectivity index (χ4v) is 2.21. The third kappa shape index (κ3) is 2.72. The molecule has 5 nitrogen and oxygen atoms in total. The van der Waals surface area contributed by atoms with Gasteiger partial charge in [0, 0.05) is 18.7 Å². The van der Waals surface area contributed by atoms with Gasteiger partial charge < -0.3 is 10.1 Å². The first-order valence-electron chi connectivity index (χ1n) is 6.48. The lowest BCUT2D eigenvalue weighted by molar-refractivity contribution is 0.290. The van der Waals surface area contributed by atoms with Gasteiger partial charge in [-0.15, -0.1) is 0 Å². The number of halogens is 2. The van der Waals surface area contributed by atoms with Gasteiger partial charge in [0.15, 0.2) is 11.6 Å². The third-order valence-corrected chi connectivity index (χ3v) is 3.21. The third-order valence-electron chi connectivity index (χ3n) is 3.21. The molecule has 1 atom stereocenters. The van der Waals surface area contributed by atoms with Crippen LogP contribution in [0.1, 0.15) is 12.5 Å². The van der Waals surface area contributed by atoms with Crippen LogP contribution in [0.5, 0.6) is 5.88 Å². The van der Waals surface area contributed by atoms with E-state index in [4.69, 9.17) is 4.74 Å². The van der Waals surface area contributed by atoms with E-state index in [9.17, 15) is 13.6 Å². The Morgan fingerprint density at radius 3 is 2.95 bits per heavy atom. The van der Waals surface area contributed by atoms with Gasteiger partial charge in [-0.25, -0.2) is 13.6 Å². The first kappa shape index (κ1) is 13.5. The first-order valence-corrected chi connectivity index (χ1v) is 6.48. The van der Waals surface area contributed by atoms with Crippen LogP contribution in [0.15, 0.2) is 29.1 Å². The highest BCUT2D eigenvalue weighted by molar-refractivity contribution is 5.42. The van der Waals surface area contributed by atoms with Crippen molar-refractivity contribution in [2.24, 2.45) is 0 Å². The van der Waals surface area contributed by atoms with Crippen molar-refractivity contribution in [3.63, 3.8) is 0 Å². The van der Waals surface area contributed by atoms with Crippen molar-refractivity contribution in [3.05, 3.63) is 51.9 Å². The lowest BCUT2D eigenvalue weighted by Gasteiger charge is -2.07. The molecule has 2 heterocycles. The molecule has 1 aliphatic heterocycles. The highest BCUT2D eigenvalue weighted by atomic mass is 19.2. The van der Waals surface area contributed by atoms with Gasteiger partial charge in [-0.3, -0.25) is 4.57 Å². The minimum Gasteiger partial charge on any atom is -0.473 e. The number of nitrogens with one attached hydrogen (secondary N) is 1. The summed E-state index contributed by atoms with van der Waals surface area (Å²) in [5, 5.41) is 3.13. The molecule has 0 bridgehead atoms. The van der Waals surface area contributed by atoms with Crippen LogP contribution in [0.25, 0.3) is 0 Å². The van der Waals surface area contributed by atoms with Crippen molar-refractivity contribution in [2.45, 2.75) is 26.1 Å². The van der Waals surface area contributed by atoms with Gasteiger partial charge in [0.2, 0.25) is 5.88 Å². The molecule has 1 aromatic heterocycles. The molecule has 7 heteroatoms. The molecule has 1 unspecified atom stereocenters. The van der Waals surface area contributed by atoms with Gasteiger partial charge >= 0.3 is 5.69 Å². The number of hydrogen-bond acceptors (Lipinski definition) is 4. The Hall–Kier alpha value is -2.44. The summed E-state index contributed by atoms with van der Waals surface area (Å²) in [6.07, 6.45) is 0. The van der Waals surface area contributed by atoms with Gasteiger partial charge in [-0.1, -0.05) is 6.07 Å². The molecule has 110 valence electrons. The summed E-state index contributed by atoms with van der Waals surface area (Å²) in [5.41, 5.74) is 0.0577. The van der Waals surface area contributed by atoms with Crippen molar-refractivity contribution >= 4 is 5.82 Å². The highest BCUT2D eigenvalue weighted by Crippen LogP contribution is 2.20. The first-order chi connectivity index (χ1) is 10.0. The fraction of sp³-hybridized carbons (Fsp3) is 0.286. The van der Waals surface area contributed by atoms with Crippen molar-refractivity contribution in [2.75, 3.05) is 5.32 Å². The fourth-order valence-electron chi connectivity index (χ4n) is 2.21. The van der Waals surface area contributed by atoms with E-state index in [0.717, 1.165) is 12.1 Å². The smallest absolute Gasteiger partial charge is 0.352 e. The summed E-state index contributed by atoms with van der Waals surface area (Å²) in [5.74, 6) is -1.06. The van der Waals surface area contributed by atoms with E-state index in [2.05, 4.69) is 10.3 Å². The van der Waals surface area contributed by atoms with E-state index in [1.807, 2.05) is 6.92 Å². The standard InChI is InChI=1S/C14H13F2N3O2/c1-8-6-19-12(17-8)5-13(18-14(19)20)21-7-9-2-3-10(15)11(16)4-9/h2-5,8,17H,6-7H2,1H3. The van der Waals surface area contributed by atoms with Crippen LogP contribution in [0.3, 0.4) is 0 Å². The van der Waals surface area contributed by atoms with Gasteiger partial charge in [-0.2, -0.15) is 4.98 Å². The van der Waals surface area contributed by atoms with Gasteiger partial charge in [-0.05, 0) is 24.6 Å². The number of hydrogen-bond donors (Lipinski definition) is 1. The normalized spacial score (nSPS) is 16.4. The number of ether oxygens (including phenoxy) is 1. The number of benzene rings is 1. The van der Waals surface area contributed by atoms with Crippen molar-refractivity contribution in [1.29, 1.82) is 0 Å². The molecule has 3 rings (SSSR count). The number of anilines is 1. The van der Waals surface area contributed by atoms with E-state index < -0.39 is 17.3 Å². The molecule has 21 heavy (non-hydrogen) atoms. The summed E-state index contributed by atoms with van der Waals surface area (Å²) in [7, 11) is 0. The molecule has 0 radical (unpaired) electrons. The topological polar surface area (TPSA) is 56.2 Å². The number of fused-ring (bicyclic) bond motifs is 1. The predicted molar refractivity (Wildman–Crippen MR) is 72.3 cm³/mol. The monoisotopic (exact) mass is 293 g/mol. The Bertz CT molecular complexity index is 745. The molecule has 2 aromatic rings. The highest BCUT2D eigenvalue weighted by Gasteiger charge is 2.19. The van der Waals surface area contributed by atoms with Crippen LogP contribution in [-0.4, -0.2) is 15.6 Å². The molecule has 0 saturated carbocycles. The largest absolute Gasteiger partial charge is 0.473 e. The Labute approximate surface area is 119 Å². The molecule has 0 amide bonds. The molecular weight excluding hydrogens is 280 g/mol. The van der Waals surface area contributed by atoms with Crippen LogP contribution in [0.2, 0.25) is 0 Å². The lowest BCUT2D eigenvalue weighted by Crippen LogP contribution is -2.22. The van der Waals surface area contributed by atoms with Crippen LogP contribution in [-0.2, 0) is 13.2 Å². The minimum atomic E-state index is -0.937.